The Morgan fingerprint density at radius 3 is 2.90 bits per heavy atom. The first kappa shape index (κ1) is 13.6. The van der Waals surface area contributed by atoms with Crippen molar-refractivity contribution in [3.63, 3.8) is 0 Å². The number of anilines is 1. The lowest BCUT2D eigenvalue weighted by atomic mass is 10.2. The standard InChI is InChI=1S/C15H15N3O2S/c1-2-20-13-5-3-11(4-6-13)16-14(19)9-12-10-18-7-8-21-15(18)17-12/h3-8,10H,2,9H2,1H3,(H,16,19). The molecule has 0 fully saturated rings. The number of hydrogen-bond donors (Lipinski definition) is 1. The van der Waals surface area contributed by atoms with E-state index in [0.717, 1.165) is 22.1 Å². The van der Waals surface area contributed by atoms with E-state index in [9.17, 15) is 4.79 Å². The van der Waals surface area contributed by atoms with Crippen LogP contribution < -0.4 is 10.1 Å². The second-order valence-corrected chi connectivity index (χ2v) is 5.38. The lowest BCUT2D eigenvalue weighted by Crippen LogP contribution is -2.14. The fraction of sp³-hybridized carbons (Fsp3) is 0.200. The molecular weight excluding hydrogens is 286 g/mol. The molecule has 0 saturated heterocycles. The van der Waals surface area contributed by atoms with Gasteiger partial charge in [-0.2, -0.15) is 0 Å². The van der Waals surface area contributed by atoms with E-state index in [0.29, 0.717) is 6.61 Å². The highest BCUT2D eigenvalue weighted by Gasteiger charge is 2.08. The predicted octanol–water partition coefficient (Wildman–Crippen LogP) is 2.98. The van der Waals surface area contributed by atoms with Gasteiger partial charge in [0.05, 0.1) is 18.7 Å². The number of rotatable bonds is 5. The average molecular weight is 301 g/mol. The molecule has 0 unspecified atom stereocenters. The highest BCUT2D eigenvalue weighted by molar-refractivity contribution is 7.15. The largest absolute Gasteiger partial charge is 0.494 e. The van der Waals surface area contributed by atoms with Gasteiger partial charge >= 0.3 is 0 Å². The average Bonchev–Trinajstić information content (AvgIpc) is 3.02. The molecule has 0 aliphatic heterocycles. The highest BCUT2D eigenvalue weighted by atomic mass is 32.1. The summed E-state index contributed by atoms with van der Waals surface area (Å²) < 4.78 is 7.28. The van der Waals surface area contributed by atoms with Crippen molar-refractivity contribution >= 4 is 27.9 Å². The van der Waals surface area contributed by atoms with Crippen LogP contribution in [0.5, 0.6) is 5.75 Å². The molecule has 2 aromatic heterocycles. The molecule has 3 aromatic rings. The number of imidazole rings is 1. The summed E-state index contributed by atoms with van der Waals surface area (Å²) in [4.78, 5) is 17.3. The van der Waals surface area contributed by atoms with E-state index >= 15 is 0 Å². The summed E-state index contributed by atoms with van der Waals surface area (Å²) in [7, 11) is 0. The van der Waals surface area contributed by atoms with Gasteiger partial charge in [0, 0.05) is 23.5 Å². The van der Waals surface area contributed by atoms with E-state index in [2.05, 4.69) is 10.3 Å². The minimum absolute atomic E-state index is 0.0788. The molecule has 0 aliphatic rings. The topological polar surface area (TPSA) is 55.6 Å². The Balaban J connectivity index is 1.61. The number of fused-ring (bicyclic) bond motifs is 1. The van der Waals surface area contributed by atoms with Gasteiger partial charge in [-0.3, -0.25) is 9.20 Å². The first-order valence-electron chi connectivity index (χ1n) is 6.68. The van der Waals surface area contributed by atoms with Crippen LogP contribution in [0.25, 0.3) is 4.96 Å². The molecule has 21 heavy (non-hydrogen) atoms. The number of benzene rings is 1. The third kappa shape index (κ3) is 3.22. The van der Waals surface area contributed by atoms with E-state index in [1.807, 2.05) is 53.4 Å². The molecule has 1 aromatic carbocycles. The Hall–Kier alpha value is -2.34. The van der Waals surface area contributed by atoms with Crippen molar-refractivity contribution in [2.45, 2.75) is 13.3 Å². The minimum Gasteiger partial charge on any atom is -0.494 e. The van der Waals surface area contributed by atoms with Gasteiger partial charge in [0.15, 0.2) is 4.96 Å². The third-order valence-corrected chi connectivity index (χ3v) is 3.70. The highest BCUT2D eigenvalue weighted by Crippen LogP contribution is 2.16. The second-order valence-electron chi connectivity index (χ2n) is 4.51. The Labute approximate surface area is 126 Å². The van der Waals surface area contributed by atoms with Gasteiger partial charge in [-0.15, -0.1) is 11.3 Å². The zero-order valence-electron chi connectivity index (χ0n) is 11.6. The third-order valence-electron chi connectivity index (χ3n) is 2.93. The second kappa shape index (κ2) is 5.97. The van der Waals surface area contributed by atoms with Gasteiger partial charge in [0.1, 0.15) is 5.75 Å². The normalized spacial score (nSPS) is 10.7. The Morgan fingerprint density at radius 2 is 2.19 bits per heavy atom. The van der Waals surface area contributed by atoms with Crippen LogP contribution in [0.3, 0.4) is 0 Å². The molecule has 0 atom stereocenters. The van der Waals surface area contributed by atoms with Crippen LogP contribution in [-0.4, -0.2) is 21.9 Å². The number of amides is 1. The maximum absolute atomic E-state index is 12.0. The van der Waals surface area contributed by atoms with Crippen molar-refractivity contribution in [1.82, 2.24) is 9.38 Å². The fourth-order valence-corrected chi connectivity index (χ4v) is 2.75. The van der Waals surface area contributed by atoms with Crippen LogP contribution in [0.2, 0.25) is 0 Å². The van der Waals surface area contributed by atoms with Gasteiger partial charge < -0.3 is 10.1 Å². The number of nitrogens with one attached hydrogen (secondary N) is 1. The molecule has 1 N–H and O–H groups in total. The SMILES string of the molecule is CCOc1ccc(NC(=O)Cc2cn3ccsc3n2)cc1. The van der Waals surface area contributed by atoms with Crippen LogP contribution in [-0.2, 0) is 11.2 Å². The molecule has 5 nitrogen and oxygen atoms in total. The van der Waals surface area contributed by atoms with E-state index in [4.69, 9.17) is 4.74 Å². The number of carbonyl (C=O) groups is 1. The molecule has 1 amide bonds. The van der Waals surface area contributed by atoms with E-state index in [1.165, 1.54) is 0 Å². The molecule has 0 spiro atoms. The molecule has 0 aliphatic carbocycles. The minimum atomic E-state index is -0.0788. The van der Waals surface area contributed by atoms with Gasteiger partial charge in [-0.25, -0.2) is 4.98 Å². The van der Waals surface area contributed by atoms with E-state index < -0.39 is 0 Å². The van der Waals surface area contributed by atoms with Crippen molar-refractivity contribution in [3.8, 4) is 5.75 Å². The van der Waals surface area contributed by atoms with Crippen molar-refractivity contribution in [2.24, 2.45) is 0 Å². The van der Waals surface area contributed by atoms with Gasteiger partial charge in [-0.1, -0.05) is 0 Å². The van der Waals surface area contributed by atoms with Crippen molar-refractivity contribution < 1.29 is 9.53 Å². The van der Waals surface area contributed by atoms with Gasteiger partial charge in [-0.05, 0) is 31.2 Å². The monoisotopic (exact) mass is 301 g/mol. The molecule has 0 radical (unpaired) electrons. The quantitative estimate of drug-likeness (QED) is 0.788. The zero-order chi connectivity index (χ0) is 14.7. The molecular formula is C15H15N3O2S. The maximum Gasteiger partial charge on any atom is 0.230 e. The smallest absolute Gasteiger partial charge is 0.230 e. The molecule has 0 saturated carbocycles. The number of thiazole rings is 1. The van der Waals surface area contributed by atoms with E-state index in [1.54, 1.807) is 11.3 Å². The summed E-state index contributed by atoms with van der Waals surface area (Å²) in [5.41, 5.74) is 1.52. The summed E-state index contributed by atoms with van der Waals surface area (Å²) in [5.74, 6) is 0.717. The molecule has 6 heteroatoms. The van der Waals surface area contributed by atoms with Crippen LogP contribution in [0, 0.1) is 0 Å². The maximum atomic E-state index is 12.0. The summed E-state index contributed by atoms with van der Waals surface area (Å²) in [6.45, 7) is 2.56. The van der Waals surface area contributed by atoms with E-state index in [-0.39, 0.29) is 12.3 Å². The van der Waals surface area contributed by atoms with Crippen LogP contribution >= 0.6 is 11.3 Å². The van der Waals surface area contributed by atoms with Crippen molar-refractivity contribution in [2.75, 3.05) is 11.9 Å². The predicted molar refractivity (Wildman–Crippen MR) is 83.0 cm³/mol. The number of aromatic nitrogens is 2. The van der Waals surface area contributed by atoms with Gasteiger partial charge in [0.2, 0.25) is 5.91 Å². The lowest BCUT2D eigenvalue weighted by Gasteiger charge is -2.06. The molecule has 0 bridgehead atoms. The van der Waals surface area contributed by atoms with Crippen molar-refractivity contribution in [3.05, 3.63) is 47.7 Å². The number of ether oxygens (including phenoxy) is 1. The van der Waals surface area contributed by atoms with Gasteiger partial charge in [0.25, 0.3) is 0 Å². The first-order valence-corrected chi connectivity index (χ1v) is 7.56. The van der Waals surface area contributed by atoms with Crippen LogP contribution in [0.4, 0.5) is 5.69 Å². The summed E-state index contributed by atoms with van der Waals surface area (Å²) in [5, 5.41) is 4.82. The number of carbonyl (C=O) groups excluding carboxylic acids is 1. The summed E-state index contributed by atoms with van der Waals surface area (Å²) >= 11 is 1.55. The number of nitrogens with zero attached hydrogens (tertiary/aromatic N) is 2. The zero-order valence-corrected chi connectivity index (χ0v) is 12.4. The first-order chi connectivity index (χ1) is 10.2. The summed E-state index contributed by atoms with van der Waals surface area (Å²) in [6, 6.07) is 7.33. The van der Waals surface area contributed by atoms with Crippen LogP contribution in [0.1, 0.15) is 12.6 Å². The Bertz CT molecular complexity index is 717. The van der Waals surface area contributed by atoms with Crippen LogP contribution in [0.15, 0.2) is 42.0 Å². The Kier molecular flexibility index (Phi) is 3.87. The summed E-state index contributed by atoms with van der Waals surface area (Å²) in [6.07, 6.45) is 4.08. The lowest BCUT2D eigenvalue weighted by molar-refractivity contribution is -0.115. The molecule has 3 rings (SSSR count). The Morgan fingerprint density at radius 1 is 1.38 bits per heavy atom. The molecule has 108 valence electrons. The fourth-order valence-electron chi connectivity index (χ4n) is 2.03. The van der Waals surface area contributed by atoms with Crippen molar-refractivity contribution in [1.29, 1.82) is 0 Å². The number of hydrogen-bond acceptors (Lipinski definition) is 4. The molecule has 2 heterocycles.